The number of amides is 1. The van der Waals surface area contributed by atoms with Crippen molar-refractivity contribution in [3.8, 4) is 11.1 Å². The fourth-order valence-electron chi connectivity index (χ4n) is 3.48. The second-order valence-corrected chi connectivity index (χ2v) is 8.56. The molecule has 1 amide bonds. The van der Waals surface area contributed by atoms with Crippen LogP contribution >= 0.6 is 23.1 Å². The molecule has 7 heteroatoms. The number of carbonyl (C=O) groups is 1. The highest BCUT2D eigenvalue weighted by Gasteiger charge is 2.23. The number of piperidine rings is 1. The van der Waals surface area contributed by atoms with E-state index in [1.165, 1.54) is 41.7 Å². The number of likely N-dealkylation sites (tertiary alicyclic amines) is 1. The Hall–Kier alpha value is -1.99. The number of benzene rings is 1. The Morgan fingerprint density at radius 2 is 2.11 bits per heavy atom. The van der Waals surface area contributed by atoms with Crippen LogP contribution in [0.3, 0.4) is 0 Å². The molecule has 4 rings (SSSR count). The highest BCUT2D eigenvalue weighted by Crippen LogP contribution is 2.38. The summed E-state index contributed by atoms with van der Waals surface area (Å²) in [6.07, 6.45) is 4.90. The van der Waals surface area contributed by atoms with Gasteiger partial charge in [-0.1, -0.05) is 23.9 Å². The zero-order valence-electron chi connectivity index (χ0n) is 15.0. The highest BCUT2D eigenvalue weighted by atomic mass is 32.2. The minimum atomic E-state index is -0.259. The molecule has 1 unspecified atom stereocenters. The van der Waals surface area contributed by atoms with Gasteiger partial charge >= 0.3 is 0 Å². The van der Waals surface area contributed by atoms with E-state index in [1.807, 2.05) is 10.3 Å². The van der Waals surface area contributed by atoms with Gasteiger partial charge in [0.2, 0.25) is 5.91 Å². The monoisotopic (exact) mass is 401 g/mol. The van der Waals surface area contributed by atoms with E-state index in [-0.39, 0.29) is 11.7 Å². The van der Waals surface area contributed by atoms with Gasteiger partial charge in [-0.2, -0.15) is 0 Å². The first-order valence-corrected chi connectivity index (χ1v) is 10.9. The summed E-state index contributed by atoms with van der Waals surface area (Å²) in [4.78, 5) is 24.3. The lowest BCUT2D eigenvalue weighted by Crippen LogP contribution is -2.42. The number of rotatable bonds is 4. The first kappa shape index (κ1) is 18.4. The zero-order chi connectivity index (χ0) is 18.8. The Bertz CT molecular complexity index is 958. The summed E-state index contributed by atoms with van der Waals surface area (Å²) in [7, 11) is 0. The van der Waals surface area contributed by atoms with Gasteiger partial charge in [-0.25, -0.2) is 14.4 Å². The van der Waals surface area contributed by atoms with Gasteiger partial charge in [-0.3, -0.25) is 4.79 Å². The number of thioether (sulfide) groups is 1. The van der Waals surface area contributed by atoms with Crippen molar-refractivity contribution < 1.29 is 9.18 Å². The molecule has 0 bridgehead atoms. The number of halogens is 1. The second-order valence-electron chi connectivity index (χ2n) is 6.74. The maximum atomic E-state index is 13.3. The molecule has 2 aromatic heterocycles. The maximum absolute atomic E-state index is 13.3. The summed E-state index contributed by atoms with van der Waals surface area (Å²) in [6, 6.07) is 6.75. The normalized spacial score (nSPS) is 17.4. The number of aromatic nitrogens is 2. The highest BCUT2D eigenvalue weighted by molar-refractivity contribution is 8.00. The minimum Gasteiger partial charge on any atom is -0.339 e. The molecule has 1 aliphatic heterocycles. The topological polar surface area (TPSA) is 46.1 Å². The zero-order valence-corrected chi connectivity index (χ0v) is 16.7. The molecule has 3 aromatic rings. The molecule has 27 heavy (non-hydrogen) atoms. The van der Waals surface area contributed by atoms with Crippen LogP contribution in [0.2, 0.25) is 0 Å². The summed E-state index contributed by atoms with van der Waals surface area (Å²) in [5.74, 6) is 0.276. The van der Waals surface area contributed by atoms with Crippen molar-refractivity contribution in [3.05, 3.63) is 41.8 Å². The van der Waals surface area contributed by atoms with Crippen LogP contribution in [0.25, 0.3) is 21.3 Å². The van der Waals surface area contributed by atoms with Gasteiger partial charge in [-0.05, 0) is 43.9 Å². The van der Waals surface area contributed by atoms with Crippen molar-refractivity contribution in [2.45, 2.75) is 37.3 Å². The average molecular weight is 402 g/mol. The summed E-state index contributed by atoms with van der Waals surface area (Å²) in [5.41, 5.74) is 1.91. The van der Waals surface area contributed by atoms with Gasteiger partial charge in [0.15, 0.2) is 0 Å². The van der Waals surface area contributed by atoms with Crippen molar-refractivity contribution >= 4 is 39.2 Å². The van der Waals surface area contributed by atoms with Crippen molar-refractivity contribution in [1.29, 1.82) is 0 Å². The molecule has 0 radical (unpaired) electrons. The fraction of sp³-hybridized carbons (Fsp3) is 0.350. The summed E-state index contributed by atoms with van der Waals surface area (Å²) in [6.45, 7) is 2.97. The summed E-state index contributed by atoms with van der Waals surface area (Å²) >= 11 is 3.00. The Morgan fingerprint density at radius 3 is 2.89 bits per heavy atom. The van der Waals surface area contributed by atoms with Crippen LogP contribution < -0.4 is 0 Å². The molecular weight excluding hydrogens is 381 g/mol. The van der Waals surface area contributed by atoms with E-state index in [2.05, 4.69) is 16.9 Å². The molecular formula is C20H20FN3OS2. The second kappa shape index (κ2) is 7.94. The molecule has 1 fully saturated rings. The van der Waals surface area contributed by atoms with Crippen LogP contribution in [0.5, 0.6) is 0 Å². The predicted octanol–water partition coefficient (Wildman–Crippen LogP) is 4.99. The average Bonchev–Trinajstić information content (AvgIpc) is 3.12. The standard InChI is InChI=1S/C20H20FN3OS2/c1-13-4-2-3-9-24(13)17(25)11-27-20-18-16(10-26-19(18)22-12-23-20)14-5-7-15(21)8-6-14/h5-8,10,12-13H,2-4,9,11H2,1H3. The lowest BCUT2D eigenvalue weighted by molar-refractivity contribution is -0.131. The minimum absolute atomic E-state index is 0.164. The summed E-state index contributed by atoms with van der Waals surface area (Å²) in [5, 5.41) is 3.77. The molecule has 0 saturated carbocycles. The van der Waals surface area contributed by atoms with Gasteiger partial charge in [0, 0.05) is 23.5 Å². The van der Waals surface area contributed by atoms with Crippen LogP contribution in [-0.2, 0) is 4.79 Å². The Kier molecular flexibility index (Phi) is 5.41. The van der Waals surface area contributed by atoms with Gasteiger partial charge < -0.3 is 4.90 Å². The third-order valence-electron chi connectivity index (χ3n) is 4.95. The van der Waals surface area contributed by atoms with Crippen LogP contribution in [-0.4, -0.2) is 39.1 Å². The maximum Gasteiger partial charge on any atom is 0.233 e. The quantitative estimate of drug-likeness (QED) is 0.456. The van der Waals surface area contributed by atoms with Crippen molar-refractivity contribution in [1.82, 2.24) is 14.9 Å². The van der Waals surface area contributed by atoms with Crippen LogP contribution in [0.1, 0.15) is 26.2 Å². The molecule has 4 nitrogen and oxygen atoms in total. The number of carbonyl (C=O) groups excluding carboxylic acids is 1. The lowest BCUT2D eigenvalue weighted by atomic mass is 10.0. The van der Waals surface area contributed by atoms with E-state index in [9.17, 15) is 9.18 Å². The molecule has 0 aliphatic carbocycles. The summed E-state index contributed by atoms with van der Waals surface area (Å²) < 4.78 is 13.3. The number of thiophene rings is 1. The fourth-order valence-corrected chi connectivity index (χ4v) is 5.36. The number of hydrogen-bond acceptors (Lipinski definition) is 5. The van der Waals surface area contributed by atoms with Crippen molar-refractivity contribution in [2.75, 3.05) is 12.3 Å². The lowest BCUT2D eigenvalue weighted by Gasteiger charge is -2.33. The number of fused-ring (bicyclic) bond motifs is 1. The van der Waals surface area contributed by atoms with E-state index >= 15 is 0 Å². The van der Waals surface area contributed by atoms with E-state index < -0.39 is 0 Å². The number of hydrogen-bond donors (Lipinski definition) is 0. The molecule has 1 aliphatic rings. The van der Waals surface area contributed by atoms with Crippen LogP contribution in [0, 0.1) is 5.82 Å². The van der Waals surface area contributed by atoms with Crippen molar-refractivity contribution in [2.24, 2.45) is 0 Å². The molecule has 0 N–H and O–H groups in total. The van der Waals surface area contributed by atoms with E-state index in [1.54, 1.807) is 18.5 Å². The molecule has 3 heterocycles. The molecule has 1 atom stereocenters. The van der Waals surface area contributed by atoms with Gasteiger partial charge in [0.25, 0.3) is 0 Å². The molecule has 0 spiro atoms. The Morgan fingerprint density at radius 1 is 1.30 bits per heavy atom. The van der Waals surface area contributed by atoms with Crippen molar-refractivity contribution in [3.63, 3.8) is 0 Å². The molecule has 140 valence electrons. The first-order valence-electron chi connectivity index (χ1n) is 9.04. The van der Waals surface area contributed by atoms with Gasteiger partial charge in [0.1, 0.15) is 22.0 Å². The molecule has 1 aromatic carbocycles. The largest absolute Gasteiger partial charge is 0.339 e. The third-order valence-corrected chi connectivity index (χ3v) is 6.81. The van der Waals surface area contributed by atoms with Gasteiger partial charge in [-0.15, -0.1) is 11.3 Å². The van der Waals surface area contributed by atoms with E-state index in [0.29, 0.717) is 11.8 Å². The van der Waals surface area contributed by atoms with Gasteiger partial charge in [0.05, 0.1) is 11.1 Å². The van der Waals surface area contributed by atoms with Crippen LogP contribution in [0.4, 0.5) is 4.39 Å². The first-order chi connectivity index (χ1) is 13.1. The smallest absolute Gasteiger partial charge is 0.233 e. The Labute approximate surface area is 165 Å². The third kappa shape index (κ3) is 3.84. The molecule has 1 saturated heterocycles. The van der Waals surface area contributed by atoms with E-state index in [0.717, 1.165) is 45.8 Å². The van der Waals surface area contributed by atoms with E-state index in [4.69, 9.17) is 0 Å². The number of nitrogens with zero attached hydrogens (tertiary/aromatic N) is 3. The predicted molar refractivity (Wildman–Crippen MR) is 109 cm³/mol. The Balaban J connectivity index is 1.59. The van der Waals surface area contributed by atoms with Crippen LogP contribution in [0.15, 0.2) is 41.0 Å². The SMILES string of the molecule is CC1CCCCN1C(=O)CSc1ncnc2scc(-c3ccc(F)cc3)c12.